The normalized spacial score (nSPS) is 19.3. The highest BCUT2D eigenvalue weighted by Gasteiger charge is 2.57. The Balaban J connectivity index is 2.26. The number of halogens is 3. The number of carbonyl (C=O) groups is 2. The zero-order valence-corrected chi connectivity index (χ0v) is 14.8. The molecule has 0 fully saturated rings. The molecule has 3 rings (SSSR count). The van der Waals surface area contributed by atoms with Crippen LogP contribution >= 0.6 is 0 Å². The zero-order chi connectivity index (χ0) is 20.0. The summed E-state index contributed by atoms with van der Waals surface area (Å²) in [6.45, 7) is 4.51. The molecular formula is C20H16F3NO3. The molecule has 1 aliphatic rings. The van der Waals surface area contributed by atoms with Gasteiger partial charge in [-0.1, -0.05) is 12.1 Å². The van der Waals surface area contributed by atoms with Crippen LogP contribution in [-0.2, 0) is 9.53 Å². The number of rotatable bonds is 2. The number of fused-ring (bicyclic) bond motifs is 1. The summed E-state index contributed by atoms with van der Waals surface area (Å²) in [5.74, 6) is -4.74. The summed E-state index contributed by atoms with van der Waals surface area (Å²) in [6.07, 6.45) is 0. The van der Waals surface area contributed by atoms with Gasteiger partial charge in [0, 0.05) is 17.2 Å². The van der Waals surface area contributed by atoms with Crippen molar-refractivity contribution in [3.63, 3.8) is 0 Å². The monoisotopic (exact) mass is 375 g/mol. The number of hydrogen-bond acceptors (Lipinski definition) is 4. The SMILES string of the molecule is CC(C)(C)OC(=O)C1(F)C(=O)c2ccccc2N=C1c1ccc(F)cc1F. The van der Waals surface area contributed by atoms with Crippen LogP contribution in [0, 0.1) is 11.6 Å². The Hall–Kier alpha value is -2.96. The molecule has 4 nitrogen and oxygen atoms in total. The van der Waals surface area contributed by atoms with Crippen molar-refractivity contribution in [2.75, 3.05) is 0 Å². The third-order valence-corrected chi connectivity index (χ3v) is 3.89. The van der Waals surface area contributed by atoms with Crippen molar-refractivity contribution in [1.29, 1.82) is 0 Å². The van der Waals surface area contributed by atoms with Crippen molar-refractivity contribution in [3.05, 3.63) is 65.2 Å². The summed E-state index contributed by atoms with van der Waals surface area (Å²) in [4.78, 5) is 29.5. The first kappa shape index (κ1) is 18.8. The molecule has 140 valence electrons. The molecule has 0 amide bonds. The molecule has 0 spiro atoms. The fraction of sp³-hybridized carbons (Fsp3) is 0.250. The third-order valence-electron chi connectivity index (χ3n) is 3.89. The van der Waals surface area contributed by atoms with Gasteiger partial charge in [-0.15, -0.1) is 0 Å². The van der Waals surface area contributed by atoms with Crippen LogP contribution in [0.1, 0.15) is 36.7 Å². The largest absolute Gasteiger partial charge is 0.457 e. The van der Waals surface area contributed by atoms with Gasteiger partial charge >= 0.3 is 11.6 Å². The van der Waals surface area contributed by atoms with Crippen molar-refractivity contribution >= 4 is 23.2 Å². The highest BCUT2D eigenvalue weighted by Crippen LogP contribution is 2.37. The van der Waals surface area contributed by atoms with E-state index in [-0.39, 0.29) is 11.3 Å². The van der Waals surface area contributed by atoms with Gasteiger partial charge < -0.3 is 4.74 Å². The first-order valence-corrected chi connectivity index (χ1v) is 8.15. The predicted octanol–water partition coefficient (Wildman–Crippen LogP) is 4.33. The molecule has 27 heavy (non-hydrogen) atoms. The number of hydrogen-bond donors (Lipinski definition) is 0. The minimum absolute atomic E-state index is 0.0815. The van der Waals surface area contributed by atoms with Gasteiger partial charge in [-0.05, 0) is 45.0 Å². The number of ether oxygens (including phenoxy) is 1. The van der Waals surface area contributed by atoms with Crippen LogP contribution in [-0.4, -0.2) is 28.7 Å². The Kier molecular flexibility index (Phi) is 4.41. The number of nitrogens with zero attached hydrogens (tertiary/aromatic N) is 1. The average molecular weight is 375 g/mol. The van der Waals surface area contributed by atoms with E-state index in [0.717, 1.165) is 12.1 Å². The fourth-order valence-electron chi connectivity index (χ4n) is 2.72. The van der Waals surface area contributed by atoms with Gasteiger partial charge in [0.1, 0.15) is 22.9 Å². The van der Waals surface area contributed by atoms with Gasteiger partial charge in [0.2, 0.25) is 5.78 Å². The lowest BCUT2D eigenvalue weighted by molar-refractivity contribution is -0.161. The van der Waals surface area contributed by atoms with Crippen molar-refractivity contribution in [2.24, 2.45) is 4.99 Å². The molecule has 1 atom stereocenters. The van der Waals surface area contributed by atoms with E-state index < -0.39 is 45.9 Å². The number of aliphatic imine (C=N–C) groups is 1. The van der Waals surface area contributed by atoms with E-state index in [1.807, 2.05) is 0 Å². The number of ketones is 1. The maximum atomic E-state index is 16.0. The van der Waals surface area contributed by atoms with Gasteiger partial charge in [0.25, 0.3) is 0 Å². The van der Waals surface area contributed by atoms with Gasteiger partial charge in [-0.25, -0.2) is 23.0 Å². The lowest BCUT2D eigenvalue weighted by atomic mass is 9.83. The minimum Gasteiger partial charge on any atom is -0.457 e. The molecule has 0 bridgehead atoms. The number of Topliss-reactive ketones (excluding diaryl/α,β-unsaturated/α-hetero) is 1. The summed E-state index contributed by atoms with van der Waals surface area (Å²) in [6, 6.07) is 8.16. The summed E-state index contributed by atoms with van der Waals surface area (Å²) in [7, 11) is 0. The van der Waals surface area contributed by atoms with Crippen LogP contribution in [0.4, 0.5) is 18.9 Å². The van der Waals surface area contributed by atoms with Crippen molar-refractivity contribution in [3.8, 4) is 0 Å². The first-order chi connectivity index (χ1) is 12.5. The van der Waals surface area contributed by atoms with E-state index in [4.69, 9.17) is 4.74 Å². The summed E-state index contributed by atoms with van der Waals surface area (Å²) in [5, 5.41) is 0. The first-order valence-electron chi connectivity index (χ1n) is 8.15. The molecule has 0 saturated heterocycles. The molecule has 0 N–H and O–H groups in total. The van der Waals surface area contributed by atoms with Crippen molar-refractivity contribution < 1.29 is 27.5 Å². The predicted molar refractivity (Wildman–Crippen MR) is 93.0 cm³/mol. The van der Waals surface area contributed by atoms with Crippen molar-refractivity contribution in [1.82, 2.24) is 0 Å². The Morgan fingerprint density at radius 3 is 2.37 bits per heavy atom. The van der Waals surface area contributed by atoms with Gasteiger partial charge in [-0.2, -0.15) is 0 Å². The summed E-state index contributed by atoms with van der Waals surface area (Å²) >= 11 is 0. The smallest absolute Gasteiger partial charge is 0.359 e. The third kappa shape index (κ3) is 3.25. The van der Waals surface area contributed by atoms with Crippen molar-refractivity contribution in [2.45, 2.75) is 32.0 Å². The van der Waals surface area contributed by atoms with Gasteiger partial charge in [-0.3, -0.25) is 4.79 Å². The van der Waals surface area contributed by atoms with E-state index in [2.05, 4.69) is 4.99 Å². The molecule has 1 aliphatic heterocycles. The number of esters is 1. The molecule has 7 heteroatoms. The quantitative estimate of drug-likeness (QED) is 0.580. The van der Waals surface area contributed by atoms with E-state index in [0.29, 0.717) is 6.07 Å². The average Bonchev–Trinajstić information content (AvgIpc) is 2.57. The standard InChI is InChI=1S/C20H16F3NO3/c1-19(2,3)27-18(26)20(23)16(12-9-8-11(21)10-14(12)22)24-15-7-5-4-6-13(15)17(20)25/h4-10H,1-3H3. The minimum atomic E-state index is -3.36. The van der Waals surface area contributed by atoms with Gasteiger partial charge in [0.05, 0.1) is 5.69 Å². The second-order valence-corrected chi connectivity index (χ2v) is 7.09. The highest BCUT2D eigenvalue weighted by molar-refractivity contribution is 6.38. The highest BCUT2D eigenvalue weighted by atomic mass is 19.1. The van der Waals surface area contributed by atoms with Crippen LogP contribution in [0.25, 0.3) is 0 Å². The molecule has 1 unspecified atom stereocenters. The molecule has 0 aromatic heterocycles. The lowest BCUT2D eigenvalue weighted by Gasteiger charge is -2.31. The maximum Gasteiger partial charge on any atom is 0.359 e. The number of benzene rings is 2. The molecule has 0 saturated carbocycles. The van der Waals surface area contributed by atoms with E-state index in [1.165, 1.54) is 39.0 Å². The van der Waals surface area contributed by atoms with E-state index in [9.17, 15) is 18.4 Å². The van der Waals surface area contributed by atoms with Crippen LogP contribution in [0.2, 0.25) is 0 Å². The molecule has 0 radical (unpaired) electrons. The summed E-state index contributed by atoms with van der Waals surface area (Å²) < 4.78 is 48.7. The molecular weight excluding hydrogens is 359 g/mol. The van der Waals surface area contributed by atoms with Gasteiger partial charge in [0.15, 0.2) is 0 Å². The lowest BCUT2D eigenvalue weighted by Crippen LogP contribution is -2.54. The second-order valence-electron chi connectivity index (χ2n) is 7.09. The van der Waals surface area contributed by atoms with E-state index >= 15 is 4.39 Å². The Bertz CT molecular complexity index is 979. The molecule has 0 aliphatic carbocycles. The van der Waals surface area contributed by atoms with Crippen LogP contribution in [0.5, 0.6) is 0 Å². The second kappa shape index (κ2) is 6.33. The van der Waals surface area contributed by atoms with Crippen LogP contribution < -0.4 is 0 Å². The van der Waals surface area contributed by atoms with Crippen LogP contribution in [0.15, 0.2) is 47.5 Å². The van der Waals surface area contributed by atoms with Crippen LogP contribution in [0.3, 0.4) is 0 Å². The molecule has 2 aromatic rings. The molecule has 1 heterocycles. The summed E-state index contributed by atoms with van der Waals surface area (Å²) in [5.41, 5.74) is -5.76. The molecule has 2 aromatic carbocycles. The number of para-hydroxylation sites is 1. The van der Waals surface area contributed by atoms with E-state index in [1.54, 1.807) is 6.07 Å². The maximum absolute atomic E-state index is 16.0. The Labute approximate surface area is 153 Å². The number of carbonyl (C=O) groups excluding carboxylic acids is 2. The zero-order valence-electron chi connectivity index (χ0n) is 14.8. The topological polar surface area (TPSA) is 55.7 Å². The number of alkyl halides is 1. The fourth-order valence-corrected chi connectivity index (χ4v) is 2.72. The Morgan fingerprint density at radius 2 is 1.74 bits per heavy atom. The Morgan fingerprint density at radius 1 is 1.07 bits per heavy atom.